The average Bonchev–Trinajstić information content (AvgIpc) is 3.01. The minimum absolute atomic E-state index is 0.122. The molecule has 0 spiro atoms. The Bertz CT molecular complexity index is 1610. The van der Waals surface area contributed by atoms with E-state index in [-0.39, 0.29) is 12.5 Å². The van der Waals surface area contributed by atoms with E-state index < -0.39 is 32.1 Å². The molecule has 0 heterocycles. The predicted molar refractivity (Wildman–Crippen MR) is 173 cm³/mol. The van der Waals surface area contributed by atoms with Gasteiger partial charge < -0.3 is 20.1 Å². The molecular weight excluding hydrogens is 556 g/mol. The second-order valence-electron chi connectivity index (χ2n) is 11.5. The third kappa shape index (κ3) is 8.42. The van der Waals surface area contributed by atoms with E-state index in [1.807, 2.05) is 85.8 Å². The number of fused-ring (bicyclic) bond motifs is 1. The fourth-order valence-electron chi connectivity index (χ4n) is 4.80. The molecule has 2 amide bonds. The highest BCUT2D eigenvalue weighted by Crippen LogP contribution is 2.32. The highest BCUT2D eigenvalue weighted by Gasteiger charge is 2.31. The molecule has 0 saturated heterocycles. The Labute approximate surface area is 253 Å². The topological polar surface area (TPSA) is 93.7 Å². The van der Waals surface area contributed by atoms with Gasteiger partial charge in [-0.2, -0.15) is 0 Å². The standard InChI is InChI=1S/C35H38N2O5Si/c1-24(33(38)36-30-20-19-26-13-9-10-14-29(26)22-30)21-31(43(3,4)5)32(27-15-17-28(18-16-27)34(39)41-2)37-35(40)42-23-25-11-7-6-8-12-25/h6-22,24,32H,23H2,1-5H3,(H,36,38)(H,37,40)/b31-21-/t24-,32-/m1/s1. The van der Waals surface area contributed by atoms with Crippen molar-refractivity contribution in [2.45, 2.75) is 39.2 Å². The van der Waals surface area contributed by atoms with Crippen LogP contribution < -0.4 is 10.6 Å². The van der Waals surface area contributed by atoms with Crippen molar-refractivity contribution in [1.82, 2.24) is 5.32 Å². The van der Waals surface area contributed by atoms with E-state index in [0.717, 1.165) is 32.8 Å². The van der Waals surface area contributed by atoms with Crippen LogP contribution in [0.3, 0.4) is 0 Å². The SMILES string of the molecule is COC(=O)c1ccc([C@@H](NC(=O)OCc2ccccc2)/C(=C/[C@@H](C)C(=O)Nc2ccc3ccccc3c2)[Si](C)(C)C)cc1. The molecule has 0 radical (unpaired) electrons. The number of alkyl carbamates (subject to hydrolysis) is 1. The lowest BCUT2D eigenvalue weighted by Crippen LogP contribution is -2.39. The summed E-state index contributed by atoms with van der Waals surface area (Å²) in [5, 5.41) is 9.18. The van der Waals surface area contributed by atoms with Crippen molar-refractivity contribution >= 4 is 42.5 Å². The molecule has 0 aromatic heterocycles. The van der Waals surface area contributed by atoms with Crippen molar-refractivity contribution in [2.24, 2.45) is 5.92 Å². The van der Waals surface area contributed by atoms with Gasteiger partial charge in [-0.3, -0.25) is 4.79 Å². The van der Waals surface area contributed by atoms with Crippen LogP contribution in [-0.4, -0.2) is 33.2 Å². The van der Waals surface area contributed by atoms with E-state index in [9.17, 15) is 14.4 Å². The third-order valence-electron chi connectivity index (χ3n) is 7.18. The fraction of sp³-hybridized carbons (Fsp3) is 0.229. The maximum Gasteiger partial charge on any atom is 0.408 e. The van der Waals surface area contributed by atoms with Crippen LogP contribution in [-0.2, 0) is 20.9 Å². The zero-order valence-electron chi connectivity index (χ0n) is 25.2. The van der Waals surface area contributed by atoms with Crippen molar-refractivity contribution in [1.29, 1.82) is 0 Å². The number of carbonyl (C=O) groups excluding carboxylic acids is 3. The Balaban J connectivity index is 1.62. The largest absolute Gasteiger partial charge is 0.465 e. The fourth-order valence-corrected chi connectivity index (χ4v) is 6.66. The number of nitrogens with one attached hydrogen (secondary N) is 2. The monoisotopic (exact) mass is 594 g/mol. The Morgan fingerprint density at radius 3 is 2.14 bits per heavy atom. The minimum Gasteiger partial charge on any atom is -0.465 e. The molecule has 0 aliphatic rings. The second kappa shape index (κ2) is 14.0. The van der Waals surface area contributed by atoms with Gasteiger partial charge in [-0.15, -0.1) is 0 Å². The lowest BCUT2D eigenvalue weighted by atomic mass is 10.0. The zero-order chi connectivity index (χ0) is 31.0. The van der Waals surface area contributed by atoms with Gasteiger partial charge >= 0.3 is 12.1 Å². The molecule has 43 heavy (non-hydrogen) atoms. The van der Waals surface area contributed by atoms with Gasteiger partial charge in [0.15, 0.2) is 0 Å². The first-order valence-electron chi connectivity index (χ1n) is 14.2. The molecule has 0 aliphatic heterocycles. The first kappa shape index (κ1) is 31.2. The summed E-state index contributed by atoms with van der Waals surface area (Å²) < 4.78 is 10.4. The van der Waals surface area contributed by atoms with Crippen LogP contribution in [0.15, 0.2) is 108 Å². The molecule has 4 aromatic carbocycles. The maximum absolute atomic E-state index is 13.4. The van der Waals surface area contributed by atoms with E-state index in [1.165, 1.54) is 7.11 Å². The van der Waals surface area contributed by atoms with Crippen LogP contribution >= 0.6 is 0 Å². The summed E-state index contributed by atoms with van der Waals surface area (Å²) in [6, 6.07) is 29.6. The predicted octanol–water partition coefficient (Wildman–Crippen LogP) is 7.67. The van der Waals surface area contributed by atoms with E-state index in [2.05, 4.69) is 30.3 Å². The molecule has 0 unspecified atom stereocenters. The van der Waals surface area contributed by atoms with Gasteiger partial charge in [0.2, 0.25) is 5.91 Å². The highest BCUT2D eigenvalue weighted by atomic mass is 28.3. The lowest BCUT2D eigenvalue weighted by molar-refractivity contribution is -0.118. The molecule has 2 N–H and O–H groups in total. The van der Waals surface area contributed by atoms with Crippen LogP contribution in [0.2, 0.25) is 19.6 Å². The van der Waals surface area contributed by atoms with Crippen molar-refractivity contribution in [2.75, 3.05) is 12.4 Å². The molecule has 2 atom stereocenters. The normalized spacial score (nSPS) is 13.1. The average molecular weight is 595 g/mol. The molecule has 7 nitrogen and oxygen atoms in total. The van der Waals surface area contributed by atoms with Crippen LogP contribution in [0.1, 0.15) is 34.5 Å². The second-order valence-corrected chi connectivity index (χ2v) is 16.5. The number of hydrogen-bond acceptors (Lipinski definition) is 5. The van der Waals surface area contributed by atoms with Crippen LogP contribution in [0.25, 0.3) is 10.8 Å². The summed E-state index contributed by atoms with van der Waals surface area (Å²) in [4.78, 5) is 38.6. The van der Waals surface area contributed by atoms with Crippen molar-refractivity contribution in [3.63, 3.8) is 0 Å². The van der Waals surface area contributed by atoms with Crippen molar-refractivity contribution in [3.05, 3.63) is 125 Å². The molecule has 4 aromatic rings. The van der Waals surface area contributed by atoms with Gasteiger partial charge in [0.25, 0.3) is 0 Å². The number of anilines is 1. The molecular formula is C35H38N2O5Si. The molecule has 4 rings (SSSR count). The lowest BCUT2D eigenvalue weighted by Gasteiger charge is -2.31. The van der Waals surface area contributed by atoms with Gasteiger partial charge in [0.05, 0.1) is 32.7 Å². The van der Waals surface area contributed by atoms with Crippen LogP contribution in [0.5, 0.6) is 0 Å². The van der Waals surface area contributed by atoms with Gasteiger partial charge in [-0.05, 0) is 46.2 Å². The number of hydrogen-bond donors (Lipinski definition) is 2. The minimum atomic E-state index is -2.15. The van der Waals surface area contributed by atoms with Crippen LogP contribution in [0, 0.1) is 5.92 Å². The number of benzene rings is 4. The summed E-state index contributed by atoms with van der Waals surface area (Å²) >= 11 is 0. The Morgan fingerprint density at radius 1 is 0.837 bits per heavy atom. The number of rotatable bonds is 10. The first-order chi connectivity index (χ1) is 20.5. The maximum atomic E-state index is 13.4. The summed E-state index contributed by atoms with van der Waals surface area (Å²) in [7, 11) is -0.813. The van der Waals surface area contributed by atoms with Gasteiger partial charge in [-0.25, -0.2) is 9.59 Å². The van der Waals surface area contributed by atoms with E-state index in [1.54, 1.807) is 24.3 Å². The molecule has 0 bridgehead atoms. The summed E-state index contributed by atoms with van der Waals surface area (Å²) in [6.45, 7) is 8.47. The van der Waals surface area contributed by atoms with Crippen molar-refractivity contribution < 1.29 is 23.9 Å². The third-order valence-corrected chi connectivity index (χ3v) is 9.36. The van der Waals surface area contributed by atoms with Crippen molar-refractivity contribution in [3.8, 4) is 0 Å². The Kier molecular flexibility index (Phi) is 10.2. The zero-order valence-corrected chi connectivity index (χ0v) is 26.2. The van der Waals surface area contributed by atoms with E-state index in [0.29, 0.717) is 5.56 Å². The van der Waals surface area contributed by atoms with Gasteiger partial charge in [0, 0.05) is 5.69 Å². The number of esters is 1. The quantitative estimate of drug-likeness (QED) is 0.145. The molecule has 0 aliphatic carbocycles. The number of carbonyl (C=O) groups is 3. The number of amides is 2. The molecule has 0 fully saturated rings. The molecule has 0 saturated carbocycles. The van der Waals surface area contributed by atoms with E-state index >= 15 is 0 Å². The van der Waals surface area contributed by atoms with Crippen LogP contribution in [0.4, 0.5) is 10.5 Å². The van der Waals surface area contributed by atoms with Gasteiger partial charge in [0.1, 0.15) is 6.61 Å². The summed E-state index contributed by atoms with van der Waals surface area (Å²) in [5.74, 6) is -1.09. The molecule has 222 valence electrons. The van der Waals surface area contributed by atoms with E-state index in [4.69, 9.17) is 9.47 Å². The summed E-state index contributed by atoms with van der Waals surface area (Å²) in [5.41, 5.74) is 2.76. The highest BCUT2D eigenvalue weighted by molar-refractivity contribution is 6.83. The number of ether oxygens (including phenoxy) is 2. The number of methoxy groups -OCH3 is 1. The van der Waals surface area contributed by atoms with Gasteiger partial charge in [-0.1, -0.05) is 111 Å². The Hall–Kier alpha value is -4.69. The smallest absolute Gasteiger partial charge is 0.408 e. The summed E-state index contributed by atoms with van der Waals surface area (Å²) in [6.07, 6.45) is 1.38. The first-order valence-corrected chi connectivity index (χ1v) is 17.7. The Morgan fingerprint density at radius 2 is 1.49 bits per heavy atom. The molecule has 8 heteroatoms.